The van der Waals surface area contributed by atoms with Gasteiger partial charge in [-0.2, -0.15) is 0 Å². The van der Waals surface area contributed by atoms with Gasteiger partial charge in [0.1, 0.15) is 0 Å². The molecular weight excluding hydrogens is 360 g/mol. The van der Waals surface area contributed by atoms with E-state index in [1.54, 1.807) is 30.3 Å². The Morgan fingerprint density at radius 1 is 0.966 bits per heavy atom. The predicted octanol–water partition coefficient (Wildman–Crippen LogP) is 5.81. The second kappa shape index (κ2) is 9.37. The van der Waals surface area contributed by atoms with Crippen LogP contribution in [0, 0.1) is 5.92 Å². The van der Waals surface area contributed by atoms with Crippen LogP contribution in [0.2, 0.25) is 0 Å². The minimum Gasteiger partial charge on any atom is -0.397 e. The molecule has 1 unspecified atom stereocenters. The molecule has 0 aromatic heterocycles. The lowest BCUT2D eigenvalue weighted by atomic mass is 9.99. The van der Waals surface area contributed by atoms with E-state index in [1.165, 1.54) is 4.90 Å². The SMILES string of the molecule is CCCCC(C)CC(=O)N(C(=O)c1ccc2ccccc2c1)c1ccccc1N. The molecular formula is C25H28N2O2. The molecule has 0 saturated heterocycles. The number of amides is 2. The topological polar surface area (TPSA) is 63.4 Å². The second-order valence-corrected chi connectivity index (χ2v) is 7.61. The van der Waals surface area contributed by atoms with Crippen LogP contribution in [-0.4, -0.2) is 11.8 Å². The molecule has 0 spiro atoms. The lowest BCUT2D eigenvalue weighted by Gasteiger charge is -2.24. The van der Waals surface area contributed by atoms with Gasteiger partial charge in [0, 0.05) is 12.0 Å². The summed E-state index contributed by atoms with van der Waals surface area (Å²) < 4.78 is 0. The first-order valence-corrected chi connectivity index (χ1v) is 10.2. The van der Waals surface area contributed by atoms with E-state index in [-0.39, 0.29) is 17.7 Å². The minimum atomic E-state index is -0.346. The Balaban J connectivity index is 1.96. The zero-order valence-corrected chi connectivity index (χ0v) is 17.1. The van der Waals surface area contributed by atoms with Gasteiger partial charge < -0.3 is 5.73 Å². The maximum Gasteiger partial charge on any atom is 0.265 e. The van der Waals surface area contributed by atoms with Gasteiger partial charge in [0.05, 0.1) is 11.4 Å². The number of rotatable bonds is 7. The van der Waals surface area contributed by atoms with Gasteiger partial charge in [-0.05, 0) is 41.0 Å². The van der Waals surface area contributed by atoms with Crippen molar-refractivity contribution in [3.8, 4) is 0 Å². The molecule has 0 aliphatic rings. The van der Waals surface area contributed by atoms with E-state index in [2.05, 4.69) is 13.8 Å². The molecule has 4 heteroatoms. The van der Waals surface area contributed by atoms with Gasteiger partial charge >= 0.3 is 0 Å². The summed E-state index contributed by atoms with van der Waals surface area (Å²) >= 11 is 0. The normalized spacial score (nSPS) is 11.9. The zero-order chi connectivity index (χ0) is 20.8. The fraction of sp³-hybridized carbons (Fsp3) is 0.280. The van der Waals surface area contributed by atoms with Crippen LogP contribution in [0.4, 0.5) is 11.4 Å². The van der Waals surface area contributed by atoms with Gasteiger partial charge in [-0.25, -0.2) is 4.90 Å². The Morgan fingerprint density at radius 2 is 1.66 bits per heavy atom. The van der Waals surface area contributed by atoms with E-state index >= 15 is 0 Å². The first kappa shape index (κ1) is 20.6. The summed E-state index contributed by atoms with van der Waals surface area (Å²) in [6.07, 6.45) is 3.43. The standard InChI is InChI=1S/C25H28N2O2/c1-3-4-9-18(2)16-24(28)27(23-13-8-7-12-22(23)26)25(29)21-15-14-19-10-5-6-11-20(19)17-21/h5-8,10-15,17-18H,3-4,9,16,26H2,1-2H3. The second-order valence-electron chi connectivity index (χ2n) is 7.61. The average Bonchev–Trinajstić information content (AvgIpc) is 2.73. The molecule has 4 nitrogen and oxygen atoms in total. The number of benzene rings is 3. The molecule has 150 valence electrons. The smallest absolute Gasteiger partial charge is 0.265 e. The highest BCUT2D eigenvalue weighted by Gasteiger charge is 2.27. The van der Waals surface area contributed by atoms with Crippen LogP contribution in [-0.2, 0) is 4.79 Å². The van der Waals surface area contributed by atoms with Gasteiger partial charge in [0.25, 0.3) is 5.91 Å². The highest BCUT2D eigenvalue weighted by Crippen LogP contribution is 2.27. The van der Waals surface area contributed by atoms with Crippen molar-refractivity contribution in [2.75, 3.05) is 10.6 Å². The lowest BCUT2D eigenvalue weighted by Crippen LogP contribution is -2.38. The number of hydrogen-bond acceptors (Lipinski definition) is 3. The molecule has 0 fully saturated rings. The number of fused-ring (bicyclic) bond motifs is 1. The molecule has 2 N–H and O–H groups in total. The molecule has 3 aromatic carbocycles. The third-order valence-electron chi connectivity index (χ3n) is 5.20. The molecule has 0 aliphatic heterocycles. The summed E-state index contributed by atoms with van der Waals surface area (Å²) in [5, 5.41) is 2.01. The fourth-order valence-corrected chi connectivity index (χ4v) is 3.54. The van der Waals surface area contributed by atoms with Gasteiger partial charge in [-0.1, -0.05) is 75.6 Å². The largest absolute Gasteiger partial charge is 0.397 e. The summed E-state index contributed by atoms with van der Waals surface area (Å²) in [5.41, 5.74) is 7.46. The number of imide groups is 1. The maximum atomic E-state index is 13.4. The number of nitrogens with zero attached hydrogens (tertiary/aromatic N) is 1. The molecule has 2 amide bonds. The number of anilines is 2. The van der Waals surface area contributed by atoms with E-state index in [4.69, 9.17) is 5.73 Å². The van der Waals surface area contributed by atoms with Crippen LogP contribution in [0.5, 0.6) is 0 Å². The number of unbranched alkanes of at least 4 members (excludes halogenated alkanes) is 1. The van der Waals surface area contributed by atoms with Gasteiger partial charge in [0.15, 0.2) is 0 Å². The van der Waals surface area contributed by atoms with Crippen LogP contribution < -0.4 is 10.6 Å². The summed E-state index contributed by atoms with van der Waals surface area (Å²) in [5.74, 6) is -0.356. The highest BCUT2D eigenvalue weighted by molar-refractivity contribution is 6.22. The van der Waals surface area contributed by atoms with Crippen LogP contribution in [0.15, 0.2) is 66.7 Å². The quantitative estimate of drug-likeness (QED) is 0.519. The van der Waals surface area contributed by atoms with Crippen LogP contribution in [0.25, 0.3) is 10.8 Å². The first-order valence-electron chi connectivity index (χ1n) is 10.2. The number of para-hydroxylation sites is 2. The van der Waals surface area contributed by atoms with Crippen molar-refractivity contribution in [1.82, 2.24) is 0 Å². The van der Waals surface area contributed by atoms with Gasteiger partial charge in [-0.3, -0.25) is 9.59 Å². The van der Waals surface area contributed by atoms with Gasteiger partial charge in [0.2, 0.25) is 5.91 Å². The summed E-state index contributed by atoms with van der Waals surface area (Å²) in [4.78, 5) is 27.9. The Bertz CT molecular complexity index is 1010. The number of carbonyl (C=O) groups is 2. The molecule has 0 aliphatic carbocycles. The van der Waals surface area contributed by atoms with Crippen LogP contribution >= 0.6 is 0 Å². The minimum absolute atomic E-state index is 0.208. The van der Waals surface area contributed by atoms with Crippen molar-refractivity contribution in [3.63, 3.8) is 0 Å². The van der Waals surface area contributed by atoms with Crippen molar-refractivity contribution in [1.29, 1.82) is 0 Å². The Hall–Kier alpha value is -3.14. The van der Waals surface area contributed by atoms with E-state index in [1.807, 2.05) is 36.4 Å². The molecule has 0 heterocycles. The van der Waals surface area contributed by atoms with Crippen molar-refractivity contribution in [2.45, 2.75) is 39.5 Å². The highest BCUT2D eigenvalue weighted by atomic mass is 16.2. The summed E-state index contributed by atoms with van der Waals surface area (Å²) in [6, 6.07) is 20.4. The maximum absolute atomic E-state index is 13.4. The van der Waals surface area contributed by atoms with Crippen molar-refractivity contribution < 1.29 is 9.59 Å². The van der Waals surface area contributed by atoms with Crippen molar-refractivity contribution in [3.05, 3.63) is 72.3 Å². The number of hydrogen-bond donors (Lipinski definition) is 1. The Labute approximate surface area is 172 Å². The summed E-state index contributed by atoms with van der Waals surface area (Å²) in [6.45, 7) is 4.19. The number of nitrogens with two attached hydrogens (primary N) is 1. The molecule has 0 saturated carbocycles. The molecule has 29 heavy (non-hydrogen) atoms. The zero-order valence-electron chi connectivity index (χ0n) is 17.1. The average molecular weight is 389 g/mol. The molecule has 3 aromatic rings. The van der Waals surface area contributed by atoms with Crippen molar-refractivity contribution >= 4 is 34.0 Å². The molecule has 0 bridgehead atoms. The first-order chi connectivity index (χ1) is 14.0. The fourth-order valence-electron chi connectivity index (χ4n) is 3.54. The number of nitrogen functional groups attached to an aromatic ring is 1. The van der Waals surface area contributed by atoms with Crippen LogP contribution in [0.1, 0.15) is 49.9 Å². The third-order valence-corrected chi connectivity index (χ3v) is 5.20. The summed E-state index contributed by atoms with van der Waals surface area (Å²) in [7, 11) is 0. The van der Waals surface area contributed by atoms with Crippen LogP contribution in [0.3, 0.4) is 0 Å². The van der Waals surface area contributed by atoms with E-state index in [9.17, 15) is 9.59 Å². The monoisotopic (exact) mass is 388 g/mol. The Morgan fingerprint density at radius 3 is 2.38 bits per heavy atom. The van der Waals surface area contributed by atoms with Crippen molar-refractivity contribution in [2.24, 2.45) is 5.92 Å². The van der Waals surface area contributed by atoms with E-state index in [0.29, 0.717) is 23.4 Å². The van der Waals surface area contributed by atoms with E-state index in [0.717, 1.165) is 30.0 Å². The Kier molecular flexibility index (Phi) is 6.65. The molecule has 0 radical (unpaired) electrons. The predicted molar refractivity (Wildman–Crippen MR) is 120 cm³/mol. The van der Waals surface area contributed by atoms with Gasteiger partial charge in [-0.15, -0.1) is 0 Å². The third kappa shape index (κ3) is 4.83. The van der Waals surface area contributed by atoms with E-state index < -0.39 is 0 Å². The lowest BCUT2D eigenvalue weighted by molar-refractivity contribution is -0.118. The number of carbonyl (C=O) groups excluding carboxylic acids is 2. The molecule has 1 atom stereocenters. The molecule has 3 rings (SSSR count).